The van der Waals surface area contributed by atoms with Crippen molar-refractivity contribution in [1.82, 2.24) is 4.90 Å². The summed E-state index contributed by atoms with van der Waals surface area (Å²) in [5.41, 5.74) is 2.13. The maximum atomic E-state index is 13.1. The van der Waals surface area contributed by atoms with Crippen molar-refractivity contribution < 1.29 is 27.8 Å². The molecule has 0 aromatic heterocycles. The zero-order chi connectivity index (χ0) is 29.2. The van der Waals surface area contributed by atoms with Crippen LogP contribution in [0.15, 0.2) is 113 Å². The van der Waals surface area contributed by atoms with E-state index in [2.05, 4.69) is 4.90 Å². The van der Waals surface area contributed by atoms with Crippen LogP contribution in [0.4, 0.5) is 0 Å². The van der Waals surface area contributed by atoms with Crippen molar-refractivity contribution in [3.63, 3.8) is 0 Å². The van der Waals surface area contributed by atoms with E-state index in [4.69, 9.17) is 21.1 Å². The van der Waals surface area contributed by atoms with Gasteiger partial charge < -0.3 is 14.6 Å². The Morgan fingerprint density at radius 3 is 2.20 bits per heavy atom. The van der Waals surface area contributed by atoms with Crippen molar-refractivity contribution in [1.29, 1.82) is 0 Å². The molecule has 0 aliphatic heterocycles. The minimum absolute atomic E-state index is 0.0778. The lowest BCUT2D eigenvalue weighted by Gasteiger charge is -2.25. The Morgan fingerprint density at radius 2 is 1.56 bits per heavy atom. The molecule has 1 atom stereocenters. The predicted molar refractivity (Wildman–Crippen MR) is 158 cm³/mol. The van der Waals surface area contributed by atoms with Crippen molar-refractivity contribution >= 4 is 27.4 Å². The van der Waals surface area contributed by atoms with Crippen molar-refractivity contribution in [2.45, 2.75) is 29.4 Å². The average Bonchev–Trinajstić information content (AvgIpc) is 2.98. The van der Waals surface area contributed by atoms with Crippen molar-refractivity contribution in [3.8, 4) is 5.75 Å². The number of carbonyl (C=O) groups is 1. The Kier molecular flexibility index (Phi) is 10.5. The summed E-state index contributed by atoms with van der Waals surface area (Å²) in [4.78, 5) is 14.1. The number of hydrogen-bond acceptors (Lipinski definition) is 7. The molecule has 0 unspecified atom stereocenters. The molecule has 7 nitrogen and oxygen atoms in total. The van der Waals surface area contributed by atoms with Crippen LogP contribution in [-0.2, 0) is 21.1 Å². The summed E-state index contributed by atoms with van der Waals surface area (Å²) < 4.78 is 37.0. The van der Waals surface area contributed by atoms with E-state index in [-0.39, 0.29) is 22.0 Å². The van der Waals surface area contributed by atoms with Gasteiger partial charge in [0.1, 0.15) is 12.4 Å². The van der Waals surface area contributed by atoms with E-state index in [1.165, 1.54) is 36.4 Å². The quantitative estimate of drug-likeness (QED) is 0.191. The molecule has 9 heteroatoms. The van der Waals surface area contributed by atoms with Crippen molar-refractivity contribution in [3.05, 3.63) is 125 Å². The molecule has 4 aromatic rings. The molecular formula is C32H32ClNO6S. The van der Waals surface area contributed by atoms with Gasteiger partial charge in [0.25, 0.3) is 0 Å². The second-order valence-corrected chi connectivity index (χ2v) is 11.7. The predicted octanol–water partition coefficient (Wildman–Crippen LogP) is 5.96. The van der Waals surface area contributed by atoms with Gasteiger partial charge in [-0.25, -0.2) is 13.2 Å². The van der Waals surface area contributed by atoms with Crippen LogP contribution in [0.1, 0.15) is 34.5 Å². The number of aliphatic hydroxyl groups is 1. The summed E-state index contributed by atoms with van der Waals surface area (Å²) >= 11 is 6.11. The number of halogens is 1. The highest BCUT2D eigenvalue weighted by atomic mass is 35.5. The molecule has 0 aliphatic carbocycles. The number of esters is 1. The number of ether oxygens (including phenoxy) is 2. The minimum atomic E-state index is -3.78. The van der Waals surface area contributed by atoms with E-state index in [0.29, 0.717) is 37.0 Å². The van der Waals surface area contributed by atoms with E-state index in [9.17, 15) is 18.3 Å². The fourth-order valence-electron chi connectivity index (χ4n) is 4.27. The third-order valence-corrected chi connectivity index (χ3v) is 8.42. The van der Waals surface area contributed by atoms with E-state index in [1.54, 1.807) is 31.2 Å². The van der Waals surface area contributed by atoms with Crippen LogP contribution >= 0.6 is 11.6 Å². The Labute approximate surface area is 245 Å². The Bertz CT molecular complexity index is 1530. The van der Waals surface area contributed by atoms with Gasteiger partial charge in [0.05, 0.1) is 28.1 Å². The third kappa shape index (κ3) is 8.41. The van der Waals surface area contributed by atoms with E-state index < -0.39 is 21.9 Å². The zero-order valence-electron chi connectivity index (χ0n) is 22.6. The first-order valence-corrected chi connectivity index (χ1v) is 15.1. The second-order valence-electron chi connectivity index (χ2n) is 9.36. The summed E-state index contributed by atoms with van der Waals surface area (Å²) in [5, 5.41) is 11.4. The third-order valence-electron chi connectivity index (χ3n) is 6.40. The summed E-state index contributed by atoms with van der Waals surface area (Å²) in [6, 6.07) is 29.0. The van der Waals surface area contributed by atoms with Gasteiger partial charge in [-0.05, 0) is 78.7 Å². The summed E-state index contributed by atoms with van der Waals surface area (Å²) in [7, 11) is -3.78. The molecule has 0 heterocycles. The first kappa shape index (κ1) is 30.3. The Balaban J connectivity index is 1.38. The number of hydrogen-bond donors (Lipinski definition) is 1. The summed E-state index contributed by atoms with van der Waals surface area (Å²) in [6.45, 7) is 3.80. The van der Waals surface area contributed by atoms with E-state index >= 15 is 0 Å². The molecule has 0 amide bonds. The Hall–Kier alpha value is -3.69. The van der Waals surface area contributed by atoms with Gasteiger partial charge >= 0.3 is 5.97 Å². The highest BCUT2D eigenvalue weighted by Gasteiger charge is 2.19. The molecule has 0 aliphatic rings. The summed E-state index contributed by atoms with van der Waals surface area (Å²) in [5.74, 6) is 0.0240. The highest BCUT2D eigenvalue weighted by Crippen LogP contribution is 2.24. The minimum Gasteiger partial charge on any atom is -0.492 e. The zero-order valence-corrected chi connectivity index (χ0v) is 24.2. The molecule has 0 saturated heterocycles. The maximum Gasteiger partial charge on any atom is 0.338 e. The van der Waals surface area contributed by atoms with Crippen LogP contribution in [0.2, 0.25) is 5.02 Å². The summed E-state index contributed by atoms with van der Waals surface area (Å²) in [6.07, 6.45) is -0.728. The van der Waals surface area contributed by atoms with Gasteiger partial charge in [-0.1, -0.05) is 54.1 Å². The Morgan fingerprint density at radius 1 is 0.902 bits per heavy atom. The topological polar surface area (TPSA) is 93.1 Å². The SMILES string of the molecule is CCOC(=O)c1ccc(S(=O)(=O)c2ccc(OCCN(Cc3ccccc3)C[C@H](O)c3cccc(Cl)c3)cc2)cc1. The van der Waals surface area contributed by atoms with Gasteiger partial charge in [0.15, 0.2) is 0 Å². The first-order chi connectivity index (χ1) is 19.8. The second kappa shape index (κ2) is 14.3. The largest absolute Gasteiger partial charge is 0.492 e. The van der Waals surface area contributed by atoms with Crippen LogP contribution in [0.5, 0.6) is 5.75 Å². The first-order valence-electron chi connectivity index (χ1n) is 13.2. The van der Waals surface area contributed by atoms with Gasteiger partial charge in [-0.3, -0.25) is 4.90 Å². The molecule has 0 spiro atoms. The molecule has 0 radical (unpaired) electrons. The number of benzene rings is 4. The van der Waals surface area contributed by atoms with Crippen molar-refractivity contribution in [2.75, 3.05) is 26.3 Å². The van der Waals surface area contributed by atoms with Gasteiger partial charge in [-0.15, -0.1) is 0 Å². The lowest BCUT2D eigenvalue weighted by molar-refractivity contribution is 0.0526. The normalized spacial score (nSPS) is 12.2. The molecule has 0 fully saturated rings. The van der Waals surface area contributed by atoms with Crippen molar-refractivity contribution in [2.24, 2.45) is 0 Å². The molecule has 0 bridgehead atoms. The molecule has 4 aromatic carbocycles. The number of aliphatic hydroxyl groups excluding tert-OH is 1. The van der Waals surface area contributed by atoms with E-state index in [0.717, 1.165) is 11.1 Å². The van der Waals surface area contributed by atoms with Gasteiger partial charge in [-0.2, -0.15) is 0 Å². The lowest BCUT2D eigenvalue weighted by Crippen LogP contribution is -2.32. The molecule has 1 N–H and O–H groups in total. The van der Waals surface area contributed by atoms with Gasteiger partial charge in [0, 0.05) is 24.7 Å². The number of nitrogens with zero attached hydrogens (tertiary/aromatic N) is 1. The number of rotatable bonds is 13. The number of sulfone groups is 1. The molecule has 4 rings (SSSR count). The molecule has 41 heavy (non-hydrogen) atoms. The fraction of sp³-hybridized carbons (Fsp3) is 0.219. The molecule has 214 valence electrons. The van der Waals surface area contributed by atoms with Crippen LogP contribution < -0.4 is 4.74 Å². The van der Waals surface area contributed by atoms with E-state index in [1.807, 2.05) is 42.5 Å². The van der Waals surface area contributed by atoms with Crippen LogP contribution in [0.25, 0.3) is 0 Å². The molecular weight excluding hydrogens is 562 g/mol. The van der Waals surface area contributed by atoms with Crippen LogP contribution in [0.3, 0.4) is 0 Å². The van der Waals surface area contributed by atoms with Crippen LogP contribution in [-0.4, -0.2) is 50.7 Å². The molecule has 0 saturated carbocycles. The maximum absolute atomic E-state index is 13.1. The lowest BCUT2D eigenvalue weighted by atomic mass is 10.1. The smallest absolute Gasteiger partial charge is 0.338 e. The van der Waals surface area contributed by atoms with Crippen LogP contribution in [0, 0.1) is 0 Å². The average molecular weight is 594 g/mol. The monoisotopic (exact) mass is 593 g/mol. The van der Waals surface area contributed by atoms with Gasteiger partial charge in [0.2, 0.25) is 9.84 Å². The fourth-order valence-corrected chi connectivity index (χ4v) is 5.73. The standard InChI is InChI=1S/C32H32ClNO6S/c1-2-39-32(36)25-11-15-29(16-12-25)41(37,38)30-17-13-28(14-18-30)40-20-19-34(22-24-7-4-3-5-8-24)23-31(35)26-9-6-10-27(33)21-26/h3-18,21,31,35H,2,19-20,22-23H2,1H3/t31-/m0/s1. The number of carbonyl (C=O) groups excluding carboxylic acids is 1. The highest BCUT2D eigenvalue weighted by molar-refractivity contribution is 7.91.